The molecule has 0 N–H and O–H groups in total. The molecule has 2 aromatic carbocycles. The highest BCUT2D eigenvalue weighted by atomic mass is 16.5. The lowest BCUT2D eigenvalue weighted by atomic mass is 9.99. The number of unbranched alkanes of at least 4 members (excludes halogenated alkanes) is 5. The number of nitrogens with zero attached hydrogens (tertiary/aromatic N) is 4. The molecular formula is C47H66N4O6. The molecule has 0 radical (unpaired) electrons. The van der Waals surface area contributed by atoms with Crippen LogP contribution in [0.25, 0.3) is 22.8 Å². The minimum absolute atomic E-state index is 0.0251. The van der Waals surface area contributed by atoms with Crippen molar-refractivity contribution in [3.05, 3.63) is 73.3 Å². The summed E-state index contributed by atoms with van der Waals surface area (Å²) in [7, 11) is 0. The molecule has 0 saturated heterocycles. The van der Waals surface area contributed by atoms with Crippen LogP contribution in [0.4, 0.5) is 0 Å². The highest BCUT2D eigenvalue weighted by molar-refractivity contribution is 5.76. The number of esters is 2. The number of carbonyl (C=O) groups excluding carboxylic acids is 2. The van der Waals surface area contributed by atoms with Crippen LogP contribution < -0.4 is 18.9 Å². The summed E-state index contributed by atoms with van der Waals surface area (Å²) in [6.07, 6.45) is 22.2. The van der Waals surface area contributed by atoms with Crippen LogP contribution in [0.1, 0.15) is 138 Å². The van der Waals surface area contributed by atoms with E-state index in [4.69, 9.17) is 18.9 Å². The van der Waals surface area contributed by atoms with Crippen LogP contribution in [0.3, 0.4) is 0 Å². The second-order valence-electron chi connectivity index (χ2n) is 14.4. The van der Waals surface area contributed by atoms with Crippen LogP contribution in [0.2, 0.25) is 0 Å². The Morgan fingerprint density at radius 3 is 1.11 bits per heavy atom. The lowest BCUT2D eigenvalue weighted by Crippen LogP contribution is -2.20. The van der Waals surface area contributed by atoms with E-state index < -0.39 is 0 Å². The topological polar surface area (TPSA) is 123 Å². The van der Waals surface area contributed by atoms with Gasteiger partial charge in [0.2, 0.25) is 0 Å². The summed E-state index contributed by atoms with van der Waals surface area (Å²) in [5, 5.41) is 0. The predicted octanol–water partition coefficient (Wildman–Crippen LogP) is 12.1. The van der Waals surface area contributed by atoms with Gasteiger partial charge in [0.25, 0.3) is 0 Å². The number of aromatic nitrogens is 4. The molecule has 0 aliphatic heterocycles. The maximum absolute atomic E-state index is 12.4. The summed E-state index contributed by atoms with van der Waals surface area (Å²) in [5.41, 5.74) is 1.74. The van der Waals surface area contributed by atoms with Crippen molar-refractivity contribution in [2.75, 3.05) is 13.2 Å². The fourth-order valence-electron chi connectivity index (χ4n) is 6.24. The first-order chi connectivity index (χ1) is 27.8. The molecular weight excluding hydrogens is 717 g/mol. The molecule has 0 fully saturated rings. The van der Waals surface area contributed by atoms with Crippen molar-refractivity contribution in [1.82, 2.24) is 19.9 Å². The summed E-state index contributed by atoms with van der Waals surface area (Å²) in [5.74, 6) is 3.40. The standard InChI is InChI=1S/C24H34N2O3.C23H32N2O3/c1-4-7-8-9-16-28-22-17-25-23(26-18-22)19-12-14-21(15-13-19)29-24(27)20(10-5-2)11-6-3;1-4-7-8-15-27-21-16-24-22(25-17-21)18-11-13-20(14-12-18)28-23(26)19(9-5-2)10-6-3/h12-15,17-18,20H,4-11,16H2,1-3H3;11-14,16-17,19H,4-10,15H2,1-3H3. The van der Waals surface area contributed by atoms with Crippen molar-refractivity contribution in [2.45, 2.75) is 138 Å². The molecule has 0 bridgehead atoms. The minimum Gasteiger partial charge on any atom is -0.490 e. The van der Waals surface area contributed by atoms with Gasteiger partial charge in [-0.05, 0) is 87.1 Å². The Kier molecular flexibility index (Phi) is 22.6. The Morgan fingerprint density at radius 2 is 0.772 bits per heavy atom. The van der Waals surface area contributed by atoms with Crippen molar-refractivity contribution in [2.24, 2.45) is 11.8 Å². The molecule has 2 heterocycles. The zero-order valence-corrected chi connectivity index (χ0v) is 35.3. The lowest BCUT2D eigenvalue weighted by Gasteiger charge is -2.14. The van der Waals surface area contributed by atoms with Crippen LogP contribution in [-0.4, -0.2) is 45.1 Å². The van der Waals surface area contributed by atoms with Crippen LogP contribution in [-0.2, 0) is 9.59 Å². The molecule has 10 nitrogen and oxygen atoms in total. The fraction of sp³-hybridized carbons (Fsp3) is 0.532. The molecule has 0 amide bonds. The Bertz CT molecular complexity index is 1650. The highest BCUT2D eigenvalue weighted by Crippen LogP contribution is 2.25. The largest absolute Gasteiger partial charge is 0.490 e. The summed E-state index contributed by atoms with van der Waals surface area (Å²) in [6, 6.07) is 14.7. The van der Waals surface area contributed by atoms with Gasteiger partial charge in [-0.25, -0.2) is 19.9 Å². The first kappa shape index (κ1) is 46.5. The molecule has 0 aliphatic rings. The predicted molar refractivity (Wildman–Crippen MR) is 227 cm³/mol. The second-order valence-corrected chi connectivity index (χ2v) is 14.4. The molecule has 0 saturated carbocycles. The third kappa shape index (κ3) is 17.4. The number of carbonyl (C=O) groups is 2. The molecule has 0 aliphatic carbocycles. The molecule has 310 valence electrons. The van der Waals surface area contributed by atoms with E-state index in [9.17, 15) is 9.59 Å². The van der Waals surface area contributed by atoms with E-state index in [1.807, 2.05) is 24.3 Å². The molecule has 0 unspecified atom stereocenters. The van der Waals surface area contributed by atoms with Gasteiger partial charge in [-0.2, -0.15) is 0 Å². The molecule has 2 aromatic heterocycles. The molecule has 0 atom stereocenters. The van der Waals surface area contributed by atoms with Crippen molar-refractivity contribution in [1.29, 1.82) is 0 Å². The Balaban J connectivity index is 0.000000306. The maximum Gasteiger partial charge on any atom is 0.314 e. The van der Waals surface area contributed by atoms with Crippen LogP contribution in [0.5, 0.6) is 23.0 Å². The van der Waals surface area contributed by atoms with Gasteiger partial charge in [0.05, 0.1) is 49.8 Å². The fourth-order valence-corrected chi connectivity index (χ4v) is 6.24. The van der Waals surface area contributed by atoms with E-state index in [1.165, 1.54) is 25.7 Å². The molecule has 4 aromatic rings. The van der Waals surface area contributed by atoms with E-state index in [2.05, 4.69) is 61.5 Å². The SMILES string of the molecule is CCCCCCOc1cnc(-c2ccc(OC(=O)C(CCC)CCC)cc2)nc1.CCCCCOc1cnc(-c2ccc(OC(=O)C(CCC)CCC)cc2)nc1. The first-order valence-electron chi connectivity index (χ1n) is 21.4. The average molecular weight is 783 g/mol. The van der Waals surface area contributed by atoms with Gasteiger partial charge in [0, 0.05) is 11.1 Å². The molecule has 10 heteroatoms. The number of ether oxygens (including phenoxy) is 4. The molecule has 0 spiro atoms. The quantitative estimate of drug-likeness (QED) is 0.0364. The van der Waals surface area contributed by atoms with E-state index in [0.29, 0.717) is 47.9 Å². The monoisotopic (exact) mass is 782 g/mol. The van der Waals surface area contributed by atoms with Gasteiger partial charge in [0.15, 0.2) is 23.1 Å². The first-order valence-corrected chi connectivity index (χ1v) is 21.4. The normalized spacial score (nSPS) is 10.9. The van der Waals surface area contributed by atoms with Crippen molar-refractivity contribution in [3.8, 4) is 45.8 Å². The molecule has 4 rings (SSSR count). The summed E-state index contributed by atoms with van der Waals surface area (Å²) < 4.78 is 22.4. The average Bonchev–Trinajstić information content (AvgIpc) is 3.23. The van der Waals surface area contributed by atoms with Gasteiger partial charge in [0.1, 0.15) is 11.5 Å². The number of hydrogen-bond donors (Lipinski definition) is 0. The van der Waals surface area contributed by atoms with E-state index in [0.717, 1.165) is 81.8 Å². The smallest absolute Gasteiger partial charge is 0.314 e. The molecule has 57 heavy (non-hydrogen) atoms. The number of benzene rings is 2. The van der Waals surface area contributed by atoms with Crippen LogP contribution >= 0.6 is 0 Å². The Morgan fingerprint density at radius 1 is 0.439 bits per heavy atom. The van der Waals surface area contributed by atoms with Gasteiger partial charge in [-0.3, -0.25) is 9.59 Å². The number of rotatable bonds is 25. The van der Waals surface area contributed by atoms with Gasteiger partial charge >= 0.3 is 11.9 Å². The zero-order chi connectivity index (χ0) is 41.1. The van der Waals surface area contributed by atoms with Gasteiger partial charge in [-0.15, -0.1) is 0 Å². The van der Waals surface area contributed by atoms with Crippen molar-refractivity contribution < 1.29 is 28.5 Å². The summed E-state index contributed by atoms with van der Waals surface area (Å²) in [4.78, 5) is 42.2. The second kappa shape index (κ2) is 27.7. The summed E-state index contributed by atoms with van der Waals surface area (Å²) >= 11 is 0. The third-order valence-corrected chi connectivity index (χ3v) is 9.42. The highest BCUT2D eigenvalue weighted by Gasteiger charge is 2.20. The van der Waals surface area contributed by atoms with Crippen LogP contribution in [0, 0.1) is 11.8 Å². The van der Waals surface area contributed by atoms with Crippen molar-refractivity contribution >= 4 is 11.9 Å². The van der Waals surface area contributed by atoms with E-state index >= 15 is 0 Å². The third-order valence-electron chi connectivity index (χ3n) is 9.42. The maximum atomic E-state index is 12.4. The van der Waals surface area contributed by atoms with Crippen LogP contribution in [0.15, 0.2) is 73.3 Å². The Labute approximate surface area is 341 Å². The Hall–Kier alpha value is -4.86. The number of hydrogen-bond acceptors (Lipinski definition) is 10. The minimum atomic E-state index is -0.141. The van der Waals surface area contributed by atoms with Gasteiger partial charge in [-0.1, -0.05) is 99.3 Å². The van der Waals surface area contributed by atoms with E-state index in [1.54, 1.807) is 49.1 Å². The van der Waals surface area contributed by atoms with Crippen molar-refractivity contribution in [3.63, 3.8) is 0 Å². The van der Waals surface area contributed by atoms with E-state index in [-0.39, 0.29) is 23.8 Å². The van der Waals surface area contributed by atoms with Gasteiger partial charge < -0.3 is 18.9 Å². The summed E-state index contributed by atoms with van der Waals surface area (Å²) in [6.45, 7) is 14.1. The lowest BCUT2D eigenvalue weighted by molar-refractivity contribution is -0.140. The zero-order valence-electron chi connectivity index (χ0n) is 35.3.